The average molecular weight is 244 g/mol. The molecule has 0 amide bonds. The molecule has 1 atom stereocenters. The first-order chi connectivity index (χ1) is 8.63. The quantitative estimate of drug-likeness (QED) is 0.479. The minimum absolute atomic E-state index is 0.541. The summed E-state index contributed by atoms with van der Waals surface area (Å²) >= 11 is 0. The van der Waals surface area contributed by atoms with Gasteiger partial charge in [0, 0.05) is 6.42 Å². The van der Waals surface area contributed by atoms with Crippen molar-refractivity contribution in [3.8, 4) is 0 Å². The van der Waals surface area contributed by atoms with Crippen molar-refractivity contribution in [1.82, 2.24) is 0 Å². The summed E-state index contributed by atoms with van der Waals surface area (Å²) < 4.78 is 5.93. The average Bonchev–Trinajstić information content (AvgIpc) is 2.39. The summed E-state index contributed by atoms with van der Waals surface area (Å²) in [6.07, 6.45) is 4.08. The molecule has 1 nitrogen and oxygen atoms in total. The van der Waals surface area contributed by atoms with Crippen LogP contribution >= 0.6 is 0 Å². The maximum atomic E-state index is 5.93. The van der Waals surface area contributed by atoms with Crippen molar-refractivity contribution in [2.24, 2.45) is 5.92 Å². The molecule has 0 bridgehead atoms. The summed E-state index contributed by atoms with van der Waals surface area (Å²) in [5.41, 5.74) is 2.48. The number of benzene rings is 1. The van der Waals surface area contributed by atoms with Crippen molar-refractivity contribution in [3.05, 3.63) is 59.9 Å². The lowest BCUT2D eigenvalue weighted by Gasteiger charge is -2.14. The first kappa shape index (κ1) is 14.6. The smallest absolute Gasteiger partial charge is 0.113 e. The molecule has 1 aromatic rings. The highest BCUT2D eigenvalue weighted by molar-refractivity contribution is 5.14. The van der Waals surface area contributed by atoms with Crippen LogP contribution in [0.4, 0.5) is 0 Å². The van der Waals surface area contributed by atoms with E-state index in [1.165, 1.54) is 11.1 Å². The molecule has 98 valence electrons. The van der Waals surface area contributed by atoms with Crippen LogP contribution in [0.2, 0.25) is 0 Å². The van der Waals surface area contributed by atoms with Crippen LogP contribution in [0.15, 0.2) is 54.3 Å². The Morgan fingerprint density at radius 3 is 2.50 bits per heavy atom. The Morgan fingerprint density at radius 1 is 1.28 bits per heavy atom. The minimum Gasteiger partial charge on any atom is -0.493 e. The van der Waals surface area contributed by atoms with Gasteiger partial charge in [0.25, 0.3) is 0 Å². The van der Waals surface area contributed by atoms with Gasteiger partial charge < -0.3 is 4.74 Å². The zero-order valence-electron chi connectivity index (χ0n) is 11.8. The molecule has 0 N–H and O–H groups in total. The Hall–Kier alpha value is -1.50. The van der Waals surface area contributed by atoms with Gasteiger partial charge in [-0.15, -0.1) is 6.58 Å². The Bertz CT molecular complexity index is 385. The van der Waals surface area contributed by atoms with Crippen LogP contribution in [-0.2, 0) is 11.3 Å². The number of hydrogen-bond acceptors (Lipinski definition) is 1. The molecule has 0 aliphatic rings. The lowest BCUT2D eigenvalue weighted by atomic mass is 10.0. The number of allylic oxidation sites excluding steroid dienone is 3. The normalized spacial score (nSPS) is 11.7. The highest BCUT2D eigenvalue weighted by atomic mass is 16.5. The highest BCUT2D eigenvalue weighted by Crippen LogP contribution is 2.18. The van der Waals surface area contributed by atoms with Gasteiger partial charge in [-0.2, -0.15) is 0 Å². The lowest BCUT2D eigenvalue weighted by Crippen LogP contribution is -1.99. The van der Waals surface area contributed by atoms with Crippen LogP contribution in [0.5, 0.6) is 0 Å². The number of rotatable bonds is 7. The SMILES string of the molecule is C=CC(C)CCC(OCc1ccccc1)=C(C)C. The topological polar surface area (TPSA) is 9.23 Å². The summed E-state index contributed by atoms with van der Waals surface area (Å²) in [4.78, 5) is 0. The van der Waals surface area contributed by atoms with Crippen LogP contribution in [0.3, 0.4) is 0 Å². The van der Waals surface area contributed by atoms with Crippen LogP contribution in [0.25, 0.3) is 0 Å². The molecule has 0 fully saturated rings. The van der Waals surface area contributed by atoms with Gasteiger partial charge in [0.2, 0.25) is 0 Å². The van der Waals surface area contributed by atoms with E-state index in [0.29, 0.717) is 12.5 Å². The van der Waals surface area contributed by atoms with E-state index < -0.39 is 0 Å². The van der Waals surface area contributed by atoms with Gasteiger partial charge in [0.15, 0.2) is 0 Å². The van der Waals surface area contributed by atoms with Crippen molar-refractivity contribution in [3.63, 3.8) is 0 Å². The molecule has 18 heavy (non-hydrogen) atoms. The second kappa shape index (κ2) is 7.75. The maximum absolute atomic E-state index is 5.93. The zero-order chi connectivity index (χ0) is 13.4. The predicted octanol–water partition coefficient (Wildman–Crippen LogP) is 5.10. The molecule has 1 aromatic carbocycles. The van der Waals surface area contributed by atoms with Crippen molar-refractivity contribution in [2.45, 2.75) is 40.2 Å². The summed E-state index contributed by atoms with van der Waals surface area (Å²) in [5, 5.41) is 0. The van der Waals surface area contributed by atoms with E-state index in [1.807, 2.05) is 24.3 Å². The van der Waals surface area contributed by atoms with Gasteiger partial charge >= 0.3 is 0 Å². The molecule has 0 saturated carbocycles. The van der Waals surface area contributed by atoms with Crippen LogP contribution in [-0.4, -0.2) is 0 Å². The molecule has 0 spiro atoms. The van der Waals surface area contributed by atoms with Gasteiger partial charge in [-0.3, -0.25) is 0 Å². The van der Waals surface area contributed by atoms with Gasteiger partial charge in [0.1, 0.15) is 6.61 Å². The molecule has 0 aliphatic carbocycles. The molecule has 0 heterocycles. The molecular formula is C17H24O. The molecule has 0 radical (unpaired) electrons. The number of ether oxygens (including phenoxy) is 1. The van der Waals surface area contributed by atoms with Crippen LogP contribution in [0.1, 0.15) is 39.2 Å². The van der Waals surface area contributed by atoms with Gasteiger partial charge in [0.05, 0.1) is 5.76 Å². The number of hydrogen-bond donors (Lipinski definition) is 0. The first-order valence-electron chi connectivity index (χ1n) is 6.59. The van der Waals surface area contributed by atoms with Crippen LogP contribution < -0.4 is 0 Å². The summed E-state index contributed by atoms with van der Waals surface area (Å²) in [6, 6.07) is 10.3. The molecule has 0 saturated heterocycles. The largest absolute Gasteiger partial charge is 0.493 e. The fourth-order valence-electron chi connectivity index (χ4n) is 1.69. The van der Waals surface area contributed by atoms with Gasteiger partial charge in [-0.1, -0.05) is 43.3 Å². The molecule has 1 heteroatoms. The van der Waals surface area contributed by atoms with Crippen molar-refractivity contribution >= 4 is 0 Å². The first-order valence-corrected chi connectivity index (χ1v) is 6.59. The highest BCUT2D eigenvalue weighted by Gasteiger charge is 2.05. The Balaban J connectivity index is 2.50. The van der Waals surface area contributed by atoms with Gasteiger partial charge in [-0.25, -0.2) is 0 Å². The Kier molecular flexibility index (Phi) is 6.27. The fraction of sp³-hybridized carbons (Fsp3) is 0.412. The third kappa shape index (κ3) is 5.22. The Morgan fingerprint density at radius 2 is 1.94 bits per heavy atom. The van der Waals surface area contributed by atoms with Crippen molar-refractivity contribution < 1.29 is 4.74 Å². The van der Waals surface area contributed by atoms with E-state index in [4.69, 9.17) is 4.74 Å². The standard InChI is InChI=1S/C17H24O/c1-5-15(4)11-12-17(14(2)3)18-13-16-9-7-6-8-10-16/h5-10,15H,1,11-13H2,2-4H3. The Labute approximate surface area is 111 Å². The van der Waals surface area contributed by atoms with Gasteiger partial charge in [-0.05, 0) is 37.3 Å². The summed E-state index contributed by atoms with van der Waals surface area (Å²) in [6.45, 7) is 10.9. The summed E-state index contributed by atoms with van der Waals surface area (Å²) in [7, 11) is 0. The van der Waals surface area contributed by atoms with E-state index in [1.54, 1.807) is 0 Å². The van der Waals surface area contributed by atoms with E-state index >= 15 is 0 Å². The summed E-state index contributed by atoms with van der Waals surface area (Å²) in [5.74, 6) is 1.66. The monoisotopic (exact) mass is 244 g/mol. The second-order valence-corrected chi connectivity index (χ2v) is 4.95. The zero-order valence-corrected chi connectivity index (χ0v) is 11.8. The minimum atomic E-state index is 0.541. The third-order valence-electron chi connectivity index (χ3n) is 3.04. The predicted molar refractivity (Wildman–Crippen MR) is 78.2 cm³/mol. The van der Waals surface area contributed by atoms with E-state index in [-0.39, 0.29) is 0 Å². The lowest BCUT2D eigenvalue weighted by molar-refractivity contribution is 0.182. The van der Waals surface area contributed by atoms with E-state index in [2.05, 4.69) is 39.5 Å². The van der Waals surface area contributed by atoms with E-state index in [0.717, 1.165) is 18.6 Å². The van der Waals surface area contributed by atoms with Crippen LogP contribution in [0, 0.1) is 5.92 Å². The molecule has 0 aromatic heterocycles. The van der Waals surface area contributed by atoms with Crippen molar-refractivity contribution in [2.75, 3.05) is 0 Å². The van der Waals surface area contributed by atoms with E-state index in [9.17, 15) is 0 Å². The fourth-order valence-corrected chi connectivity index (χ4v) is 1.69. The third-order valence-corrected chi connectivity index (χ3v) is 3.04. The molecular weight excluding hydrogens is 220 g/mol. The second-order valence-electron chi connectivity index (χ2n) is 4.95. The molecule has 1 rings (SSSR count). The maximum Gasteiger partial charge on any atom is 0.113 e. The molecule has 1 unspecified atom stereocenters. The van der Waals surface area contributed by atoms with Crippen molar-refractivity contribution in [1.29, 1.82) is 0 Å². The molecule has 0 aliphatic heterocycles.